The van der Waals surface area contributed by atoms with Crippen LogP contribution < -0.4 is 4.74 Å². The van der Waals surface area contributed by atoms with Gasteiger partial charge in [0.05, 0.1) is 6.61 Å². The van der Waals surface area contributed by atoms with Crippen molar-refractivity contribution in [3.8, 4) is 5.75 Å². The van der Waals surface area contributed by atoms with Crippen LogP contribution in [-0.4, -0.2) is 47.1 Å². The molecule has 1 aliphatic heterocycles. The molecule has 0 radical (unpaired) electrons. The Labute approximate surface area is 194 Å². The molecule has 1 amide bonds. The molecule has 33 heavy (non-hydrogen) atoms. The van der Waals surface area contributed by atoms with E-state index in [2.05, 4.69) is 4.90 Å². The van der Waals surface area contributed by atoms with Gasteiger partial charge in [0.25, 0.3) is 0 Å². The number of nitrogens with zero attached hydrogens (tertiary/aromatic N) is 2. The number of aliphatic hydroxyl groups excluding tert-OH is 1. The number of carbonyl (C=O) groups excluding carboxylic acids is 1. The lowest BCUT2D eigenvalue weighted by Gasteiger charge is -2.26. The van der Waals surface area contributed by atoms with Crippen LogP contribution >= 0.6 is 0 Å². The van der Waals surface area contributed by atoms with Gasteiger partial charge >= 0.3 is 0 Å². The summed E-state index contributed by atoms with van der Waals surface area (Å²) in [7, 11) is 0. The fourth-order valence-electron chi connectivity index (χ4n) is 4.18. The topological polar surface area (TPSA) is 53.0 Å². The molecular formula is C27H29FN2O3. The maximum atomic E-state index is 14.5. The van der Waals surface area contributed by atoms with Crippen molar-refractivity contribution in [1.29, 1.82) is 0 Å². The van der Waals surface area contributed by atoms with Crippen molar-refractivity contribution < 1.29 is 19.0 Å². The summed E-state index contributed by atoms with van der Waals surface area (Å²) in [6.45, 7) is 2.27. The van der Waals surface area contributed by atoms with Crippen LogP contribution in [0.4, 0.5) is 4.39 Å². The summed E-state index contributed by atoms with van der Waals surface area (Å²) in [4.78, 5) is 16.8. The van der Waals surface area contributed by atoms with Crippen molar-refractivity contribution >= 4 is 5.91 Å². The van der Waals surface area contributed by atoms with Crippen molar-refractivity contribution in [2.75, 3.05) is 26.2 Å². The minimum Gasteiger partial charge on any atom is -0.484 e. The van der Waals surface area contributed by atoms with Crippen LogP contribution in [0.5, 0.6) is 5.75 Å². The molecular weight excluding hydrogens is 419 g/mol. The number of benzene rings is 3. The number of carbonyl (C=O) groups is 1. The second-order valence-electron chi connectivity index (χ2n) is 8.25. The van der Waals surface area contributed by atoms with Gasteiger partial charge in [-0.2, -0.15) is 0 Å². The van der Waals surface area contributed by atoms with E-state index in [-0.39, 0.29) is 24.9 Å². The van der Waals surface area contributed by atoms with Gasteiger partial charge in [-0.3, -0.25) is 9.69 Å². The Morgan fingerprint density at radius 3 is 2.55 bits per heavy atom. The second-order valence-corrected chi connectivity index (χ2v) is 8.25. The van der Waals surface area contributed by atoms with Gasteiger partial charge in [-0.1, -0.05) is 66.7 Å². The molecule has 3 aromatic rings. The number of fused-ring (bicyclic) bond motifs is 1. The molecule has 1 heterocycles. The smallest absolute Gasteiger partial charge is 0.224 e. The summed E-state index contributed by atoms with van der Waals surface area (Å²) in [6, 6.07) is 24.2. The molecule has 0 saturated carbocycles. The molecule has 6 heteroatoms. The first-order valence-corrected chi connectivity index (χ1v) is 11.3. The highest BCUT2D eigenvalue weighted by Crippen LogP contribution is 2.32. The Morgan fingerprint density at radius 2 is 1.76 bits per heavy atom. The highest BCUT2D eigenvalue weighted by atomic mass is 19.1. The van der Waals surface area contributed by atoms with E-state index in [1.54, 1.807) is 17.0 Å². The SMILES string of the molecule is O=C(CCN1Cc2ccccc2OC(c2ccccc2F)C1)N(CCO)Cc1ccccc1. The predicted octanol–water partition coefficient (Wildman–Crippen LogP) is 4.17. The van der Waals surface area contributed by atoms with Crippen LogP contribution in [0.15, 0.2) is 78.9 Å². The lowest BCUT2D eigenvalue weighted by Crippen LogP contribution is -2.37. The van der Waals surface area contributed by atoms with E-state index >= 15 is 0 Å². The van der Waals surface area contributed by atoms with Gasteiger partial charge in [0.2, 0.25) is 5.91 Å². The normalized spacial score (nSPS) is 15.9. The average molecular weight is 449 g/mol. The van der Waals surface area contributed by atoms with Gasteiger partial charge in [-0.15, -0.1) is 0 Å². The third-order valence-electron chi connectivity index (χ3n) is 5.89. The lowest BCUT2D eigenvalue weighted by molar-refractivity contribution is -0.132. The molecule has 1 N–H and O–H groups in total. The number of amides is 1. The van der Waals surface area contributed by atoms with E-state index in [1.807, 2.05) is 60.7 Å². The summed E-state index contributed by atoms with van der Waals surface area (Å²) < 4.78 is 20.8. The minimum absolute atomic E-state index is 0.0196. The molecule has 0 bridgehead atoms. The van der Waals surface area contributed by atoms with Crippen LogP contribution in [0, 0.1) is 5.82 Å². The summed E-state index contributed by atoms with van der Waals surface area (Å²) in [6.07, 6.45) is -0.165. The van der Waals surface area contributed by atoms with Crippen molar-refractivity contribution in [3.05, 3.63) is 101 Å². The largest absolute Gasteiger partial charge is 0.484 e. The maximum Gasteiger partial charge on any atom is 0.224 e. The van der Waals surface area contributed by atoms with Crippen LogP contribution in [-0.2, 0) is 17.9 Å². The van der Waals surface area contributed by atoms with Crippen molar-refractivity contribution in [2.24, 2.45) is 0 Å². The number of hydrogen-bond donors (Lipinski definition) is 1. The number of aliphatic hydroxyl groups is 1. The van der Waals surface area contributed by atoms with E-state index in [0.717, 1.165) is 16.9 Å². The molecule has 5 nitrogen and oxygen atoms in total. The van der Waals surface area contributed by atoms with Gasteiger partial charge in [0.1, 0.15) is 17.7 Å². The Kier molecular flexibility index (Phi) is 7.70. The molecule has 0 aliphatic carbocycles. The molecule has 1 unspecified atom stereocenters. The van der Waals surface area contributed by atoms with Crippen LogP contribution in [0.25, 0.3) is 0 Å². The van der Waals surface area contributed by atoms with E-state index < -0.39 is 6.10 Å². The Hall–Kier alpha value is -3.22. The first-order valence-electron chi connectivity index (χ1n) is 11.3. The lowest BCUT2D eigenvalue weighted by atomic mass is 10.1. The van der Waals surface area contributed by atoms with E-state index in [4.69, 9.17) is 4.74 Å². The predicted molar refractivity (Wildman–Crippen MR) is 125 cm³/mol. The first-order chi connectivity index (χ1) is 16.1. The zero-order valence-electron chi connectivity index (χ0n) is 18.6. The van der Waals surface area contributed by atoms with E-state index in [9.17, 15) is 14.3 Å². The van der Waals surface area contributed by atoms with Crippen LogP contribution in [0.3, 0.4) is 0 Å². The fourth-order valence-corrected chi connectivity index (χ4v) is 4.18. The molecule has 1 atom stereocenters. The summed E-state index contributed by atoms with van der Waals surface area (Å²) >= 11 is 0. The molecule has 0 saturated heterocycles. The molecule has 3 aromatic carbocycles. The van der Waals surface area contributed by atoms with Gasteiger partial charge in [-0.05, 0) is 17.7 Å². The molecule has 0 aromatic heterocycles. The Bertz CT molecular complexity index is 1060. The van der Waals surface area contributed by atoms with Gasteiger partial charge < -0.3 is 14.7 Å². The number of hydrogen-bond acceptors (Lipinski definition) is 4. The van der Waals surface area contributed by atoms with Gasteiger partial charge in [0, 0.05) is 50.3 Å². The number of halogens is 1. The molecule has 0 spiro atoms. The summed E-state index contributed by atoms with van der Waals surface area (Å²) in [5.41, 5.74) is 2.55. The molecule has 0 fully saturated rings. The molecule has 172 valence electrons. The fraction of sp³-hybridized carbons (Fsp3) is 0.296. The molecule has 4 rings (SSSR count). The van der Waals surface area contributed by atoms with E-state index in [0.29, 0.717) is 38.2 Å². The average Bonchev–Trinajstić information content (AvgIpc) is 3.02. The van der Waals surface area contributed by atoms with Crippen LogP contribution in [0.1, 0.15) is 29.2 Å². The van der Waals surface area contributed by atoms with Gasteiger partial charge in [-0.25, -0.2) is 4.39 Å². The quantitative estimate of drug-likeness (QED) is 0.562. The summed E-state index contributed by atoms with van der Waals surface area (Å²) in [5, 5.41) is 9.46. The third kappa shape index (κ3) is 5.97. The highest BCUT2D eigenvalue weighted by Gasteiger charge is 2.26. The van der Waals surface area contributed by atoms with Gasteiger partial charge in [0.15, 0.2) is 0 Å². The zero-order valence-corrected chi connectivity index (χ0v) is 18.6. The number of para-hydroxylation sites is 1. The number of rotatable bonds is 8. The summed E-state index contributed by atoms with van der Waals surface area (Å²) in [5.74, 6) is 0.425. The Morgan fingerprint density at radius 1 is 1.03 bits per heavy atom. The number of ether oxygens (including phenoxy) is 1. The van der Waals surface area contributed by atoms with Crippen LogP contribution in [0.2, 0.25) is 0 Å². The maximum absolute atomic E-state index is 14.5. The highest BCUT2D eigenvalue weighted by molar-refractivity contribution is 5.76. The Balaban J connectivity index is 1.47. The van der Waals surface area contributed by atoms with Crippen molar-refractivity contribution in [1.82, 2.24) is 9.80 Å². The molecule has 1 aliphatic rings. The standard InChI is InChI=1S/C27H29FN2O3/c28-24-12-6-5-11-23(24)26-20-29(19-22-10-4-7-13-25(22)33-26)15-14-27(32)30(16-17-31)18-21-8-2-1-3-9-21/h1-13,26,31H,14-20H2. The third-order valence-corrected chi connectivity index (χ3v) is 5.89. The van der Waals surface area contributed by atoms with E-state index in [1.165, 1.54) is 6.07 Å². The monoisotopic (exact) mass is 448 g/mol. The zero-order chi connectivity index (χ0) is 23.0. The minimum atomic E-state index is -0.470. The van der Waals surface area contributed by atoms with Crippen molar-refractivity contribution in [3.63, 3.8) is 0 Å². The second kappa shape index (κ2) is 11.1. The van der Waals surface area contributed by atoms with Crippen molar-refractivity contribution in [2.45, 2.75) is 25.6 Å². The first kappa shape index (κ1) is 23.0.